The van der Waals surface area contributed by atoms with Gasteiger partial charge in [-0.15, -0.1) is 10.1 Å². The third kappa shape index (κ3) is 6.45. The van der Waals surface area contributed by atoms with Crippen molar-refractivity contribution in [3.63, 3.8) is 0 Å². The molecule has 0 N–H and O–H groups in total. The average molecular weight is 477 g/mol. The van der Waals surface area contributed by atoms with Crippen LogP contribution in [0.5, 0.6) is 0 Å². The number of carbonyl (C=O) groups excluding carboxylic acids is 2. The van der Waals surface area contributed by atoms with Gasteiger partial charge in [-0.3, -0.25) is 0 Å². The second-order valence-electron chi connectivity index (χ2n) is 8.50. The molecule has 2 aromatic carbocycles. The van der Waals surface area contributed by atoms with E-state index in [-0.39, 0.29) is 0 Å². The molecule has 2 aromatic rings. The Morgan fingerprint density at radius 1 is 0.719 bits per heavy atom. The van der Waals surface area contributed by atoms with Gasteiger partial charge >= 0.3 is 11.9 Å². The first-order chi connectivity index (χ1) is 15.4. The molecule has 0 radical (unpaired) electrons. The van der Waals surface area contributed by atoms with Gasteiger partial charge in [-0.25, -0.2) is 9.59 Å². The molecule has 2 fully saturated rings. The number of hydrogen-bond donors (Lipinski definition) is 0. The van der Waals surface area contributed by atoms with Crippen molar-refractivity contribution in [3.8, 4) is 0 Å². The molecule has 2 saturated heterocycles. The molecule has 2 aliphatic rings. The van der Waals surface area contributed by atoms with Crippen LogP contribution in [0.3, 0.4) is 0 Å². The molecular formula is C24H26Cl2N2O4. The fraction of sp³-hybridized carbons (Fsp3) is 0.417. The van der Waals surface area contributed by atoms with E-state index in [0.717, 1.165) is 25.7 Å². The monoisotopic (exact) mass is 476 g/mol. The van der Waals surface area contributed by atoms with Crippen molar-refractivity contribution in [2.45, 2.75) is 25.7 Å². The summed E-state index contributed by atoms with van der Waals surface area (Å²) in [6, 6.07) is 15.5. The predicted octanol–water partition coefficient (Wildman–Crippen LogP) is 4.34. The molecule has 0 aliphatic carbocycles. The Bertz CT molecular complexity index is 859. The standard InChI is InChI=1S/C24H26Cl2N2O4/c25-21-5-1-17(2-6-21)13-19-9-11-27(15-19)31-23(29)24(30)32-28-12-10-20(16-28)14-18-3-7-22(26)8-4-18/h1-8,19-20H,9-16H2. The van der Waals surface area contributed by atoms with E-state index in [1.807, 2.05) is 48.5 Å². The van der Waals surface area contributed by atoms with E-state index in [1.165, 1.54) is 11.1 Å². The molecule has 2 aliphatic heterocycles. The Balaban J connectivity index is 1.18. The summed E-state index contributed by atoms with van der Waals surface area (Å²) in [6.45, 7) is 2.39. The molecule has 0 saturated carbocycles. The smallest absolute Gasteiger partial charge is 0.359 e. The maximum absolute atomic E-state index is 12.2. The van der Waals surface area contributed by atoms with Crippen molar-refractivity contribution in [2.75, 3.05) is 26.2 Å². The van der Waals surface area contributed by atoms with Gasteiger partial charge in [0.25, 0.3) is 0 Å². The fourth-order valence-corrected chi connectivity index (χ4v) is 4.56. The fourth-order valence-electron chi connectivity index (χ4n) is 4.31. The summed E-state index contributed by atoms with van der Waals surface area (Å²) >= 11 is 11.9. The normalized spacial score (nSPS) is 21.6. The molecule has 0 bridgehead atoms. The molecule has 6 nitrogen and oxygen atoms in total. The van der Waals surface area contributed by atoms with Gasteiger partial charge in [-0.1, -0.05) is 47.5 Å². The van der Waals surface area contributed by atoms with E-state index in [9.17, 15) is 9.59 Å². The number of hydrogen-bond acceptors (Lipinski definition) is 6. The van der Waals surface area contributed by atoms with Gasteiger partial charge < -0.3 is 9.68 Å². The lowest BCUT2D eigenvalue weighted by Crippen LogP contribution is -2.35. The summed E-state index contributed by atoms with van der Waals surface area (Å²) in [5.41, 5.74) is 2.38. The molecule has 32 heavy (non-hydrogen) atoms. The van der Waals surface area contributed by atoms with E-state index < -0.39 is 11.9 Å². The summed E-state index contributed by atoms with van der Waals surface area (Å²) in [4.78, 5) is 34.9. The van der Waals surface area contributed by atoms with Crippen LogP contribution >= 0.6 is 23.2 Å². The van der Waals surface area contributed by atoms with Crippen LogP contribution in [0, 0.1) is 11.8 Å². The zero-order valence-electron chi connectivity index (χ0n) is 17.7. The summed E-state index contributed by atoms with van der Waals surface area (Å²) < 4.78 is 0. The van der Waals surface area contributed by atoms with E-state index in [0.29, 0.717) is 48.1 Å². The Morgan fingerprint density at radius 2 is 1.09 bits per heavy atom. The molecule has 2 unspecified atom stereocenters. The van der Waals surface area contributed by atoms with Crippen LogP contribution in [0.15, 0.2) is 48.5 Å². The number of carbonyl (C=O) groups is 2. The minimum absolute atomic E-state index is 0.354. The Morgan fingerprint density at radius 3 is 1.47 bits per heavy atom. The lowest BCUT2D eigenvalue weighted by molar-refractivity contribution is -0.213. The van der Waals surface area contributed by atoms with E-state index in [4.69, 9.17) is 32.9 Å². The Hall–Kier alpha value is -2.12. The molecule has 0 spiro atoms. The van der Waals surface area contributed by atoms with Crippen LogP contribution in [0.1, 0.15) is 24.0 Å². The third-order valence-electron chi connectivity index (χ3n) is 5.96. The second-order valence-corrected chi connectivity index (χ2v) is 9.38. The van der Waals surface area contributed by atoms with Crippen LogP contribution < -0.4 is 0 Å². The summed E-state index contributed by atoms with van der Waals surface area (Å²) in [7, 11) is 0. The summed E-state index contributed by atoms with van der Waals surface area (Å²) in [6.07, 6.45) is 3.53. The number of hydroxylamine groups is 4. The number of nitrogens with zero attached hydrogens (tertiary/aromatic N) is 2. The molecule has 0 amide bonds. The average Bonchev–Trinajstić information content (AvgIpc) is 3.40. The highest BCUT2D eigenvalue weighted by atomic mass is 35.5. The number of halogens is 2. The van der Waals surface area contributed by atoms with Crippen molar-refractivity contribution in [1.82, 2.24) is 10.1 Å². The Kier molecular flexibility index (Phi) is 7.68. The van der Waals surface area contributed by atoms with Crippen molar-refractivity contribution < 1.29 is 19.3 Å². The van der Waals surface area contributed by atoms with Crippen molar-refractivity contribution in [3.05, 3.63) is 69.7 Å². The van der Waals surface area contributed by atoms with Crippen LogP contribution in [0.25, 0.3) is 0 Å². The highest BCUT2D eigenvalue weighted by Gasteiger charge is 2.32. The third-order valence-corrected chi connectivity index (χ3v) is 6.47. The topological polar surface area (TPSA) is 59.1 Å². The molecule has 0 aromatic heterocycles. The molecule has 2 atom stereocenters. The van der Waals surface area contributed by atoms with E-state index in [1.54, 1.807) is 10.1 Å². The first kappa shape index (κ1) is 23.1. The molecular weight excluding hydrogens is 451 g/mol. The van der Waals surface area contributed by atoms with Crippen molar-refractivity contribution in [1.29, 1.82) is 0 Å². The lowest BCUT2D eigenvalue weighted by atomic mass is 9.99. The zero-order chi connectivity index (χ0) is 22.5. The molecule has 170 valence electrons. The van der Waals surface area contributed by atoms with E-state index in [2.05, 4.69) is 0 Å². The maximum atomic E-state index is 12.2. The van der Waals surface area contributed by atoms with Crippen molar-refractivity contribution in [2.24, 2.45) is 11.8 Å². The summed E-state index contributed by atoms with van der Waals surface area (Å²) in [5.74, 6) is -1.24. The van der Waals surface area contributed by atoms with Crippen LogP contribution in [-0.4, -0.2) is 48.2 Å². The first-order valence-electron chi connectivity index (χ1n) is 10.9. The number of rotatable bonds is 6. The Labute approximate surface area is 197 Å². The second kappa shape index (κ2) is 10.7. The SMILES string of the molecule is O=C(ON1CCC(Cc2ccc(Cl)cc2)C1)C(=O)ON1CCC(Cc2ccc(Cl)cc2)C1. The zero-order valence-corrected chi connectivity index (χ0v) is 19.2. The predicted molar refractivity (Wildman–Crippen MR) is 122 cm³/mol. The van der Waals surface area contributed by atoms with Crippen LogP contribution in [0.2, 0.25) is 10.0 Å². The van der Waals surface area contributed by atoms with Crippen LogP contribution in [-0.2, 0) is 32.1 Å². The minimum atomic E-state index is -0.974. The highest BCUT2D eigenvalue weighted by molar-refractivity contribution is 6.31. The number of benzene rings is 2. The largest absolute Gasteiger partial charge is 0.438 e. The van der Waals surface area contributed by atoms with Crippen molar-refractivity contribution >= 4 is 35.1 Å². The van der Waals surface area contributed by atoms with Gasteiger partial charge in [0, 0.05) is 36.2 Å². The van der Waals surface area contributed by atoms with Gasteiger partial charge in [0.2, 0.25) is 0 Å². The molecule has 2 heterocycles. The van der Waals surface area contributed by atoms with E-state index >= 15 is 0 Å². The maximum Gasteiger partial charge on any atom is 0.438 e. The highest BCUT2D eigenvalue weighted by Crippen LogP contribution is 2.24. The van der Waals surface area contributed by atoms with Gasteiger partial charge in [-0.05, 0) is 72.9 Å². The van der Waals surface area contributed by atoms with Gasteiger partial charge in [0.1, 0.15) is 0 Å². The van der Waals surface area contributed by atoms with Gasteiger partial charge in [0.05, 0.1) is 0 Å². The first-order valence-corrected chi connectivity index (χ1v) is 11.6. The summed E-state index contributed by atoms with van der Waals surface area (Å²) in [5, 5.41) is 4.53. The lowest BCUT2D eigenvalue weighted by Gasteiger charge is -2.18. The van der Waals surface area contributed by atoms with Crippen LogP contribution in [0.4, 0.5) is 0 Å². The van der Waals surface area contributed by atoms with Gasteiger partial charge in [-0.2, -0.15) is 0 Å². The molecule has 8 heteroatoms. The minimum Gasteiger partial charge on any atom is -0.359 e. The molecule has 4 rings (SSSR count). The quantitative estimate of drug-likeness (QED) is 0.577. The van der Waals surface area contributed by atoms with Gasteiger partial charge in [0.15, 0.2) is 0 Å².